The number of nitrogens with one attached hydrogen (secondary N) is 1. The van der Waals surface area contributed by atoms with Crippen molar-refractivity contribution >= 4 is 22.2 Å². The minimum absolute atomic E-state index is 0.176. The quantitative estimate of drug-likeness (QED) is 0.710. The predicted octanol–water partition coefficient (Wildman–Crippen LogP) is 3.95. The Balaban J connectivity index is 1.83. The van der Waals surface area contributed by atoms with Gasteiger partial charge in [-0.15, -0.1) is 11.3 Å². The summed E-state index contributed by atoms with van der Waals surface area (Å²) < 4.78 is 52.8. The summed E-state index contributed by atoms with van der Waals surface area (Å²) in [6, 6.07) is 5.24. The maximum absolute atomic E-state index is 13.5. The number of aromatic nitrogens is 3. The van der Waals surface area contributed by atoms with Gasteiger partial charge in [0.15, 0.2) is 11.5 Å². The number of pyridine rings is 1. The van der Waals surface area contributed by atoms with Crippen LogP contribution >= 0.6 is 11.3 Å². The topological polar surface area (TPSA) is 59.8 Å². The first-order chi connectivity index (χ1) is 11.8. The third-order valence-corrected chi connectivity index (χ3v) is 4.31. The van der Waals surface area contributed by atoms with Gasteiger partial charge in [-0.2, -0.15) is 18.3 Å². The van der Waals surface area contributed by atoms with Gasteiger partial charge in [0.1, 0.15) is 0 Å². The highest BCUT2D eigenvalue weighted by Gasteiger charge is 2.34. The third kappa shape index (κ3) is 3.53. The molecule has 1 amide bonds. The molecule has 0 saturated heterocycles. The van der Waals surface area contributed by atoms with E-state index in [1.54, 1.807) is 6.07 Å². The molecule has 130 valence electrons. The summed E-state index contributed by atoms with van der Waals surface area (Å²) in [4.78, 5) is 16.1. The number of alkyl halides is 3. The number of halogens is 4. The largest absolute Gasteiger partial charge is 0.435 e. The zero-order valence-corrected chi connectivity index (χ0v) is 13.5. The van der Waals surface area contributed by atoms with Crippen molar-refractivity contribution in [3.8, 4) is 10.6 Å². The molecular weight excluding hydrogens is 360 g/mol. The normalized spacial score (nSPS) is 11.6. The van der Waals surface area contributed by atoms with Gasteiger partial charge >= 0.3 is 6.18 Å². The highest BCUT2D eigenvalue weighted by atomic mass is 32.1. The number of carbonyl (C=O) groups excluding carboxylic acids is 1. The van der Waals surface area contributed by atoms with Gasteiger partial charge in [-0.1, -0.05) is 0 Å². The second-order valence-corrected chi connectivity index (χ2v) is 6.09. The first-order valence-corrected chi connectivity index (χ1v) is 7.69. The van der Waals surface area contributed by atoms with E-state index in [1.165, 1.54) is 25.4 Å². The van der Waals surface area contributed by atoms with Gasteiger partial charge in [-0.25, -0.2) is 4.39 Å². The van der Waals surface area contributed by atoms with E-state index in [0.29, 0.717) is 9.88 Å². The highest BCUT2D eigenvalue weighted by Crippen LogP contribution is 2.35. The second-order valence-electron chi connectivity index (χ2n) is 5.01. The van der Waals surface area contributed by atoms with Crippen molar-refractivity contribution in [2.45, 2.75) is 6.18 Å². The van der Waals surface area contributed by atoms with Crippen molar-refractivity contribution in [3.63, 3.8) is 0 Å². The molecule has 5 nitrogen and oxygen atoms in total. The molecule has 0 aliphatic rings. The number of thiophene rings is 1. The summed E-state index contributed by atoms with van der Waals surface area (Å²) >= 11 is 1.05. The van der Waals surface area contributed by atoms with Crippen LogP contribution in [0.1, 0.15) is 16.1 Å². The Morgan fingerprint density at radius 3 is 2.68 bits per heavy atom. The number of nitrogens with zero attached hydrogens (tertiary/aromatic N) is 3. The predicted molar refractivity (Wildman–Crippen MR) is 83.7 cm³/mol. The molecular formula is C15H10F4N4OS. The summed E-state index contributed by atoms with van der Waals surface area (Å²) in [5, 5.41) is 6.31. The lowest BCUT2D eigenvalue weighted by atomic mass is 10.2. The van der Waals surface area contributed by atoms with Crippen molar-refractivity contribution in [3.05, 3.63) is 53.7 Å². The van der Waals surface area contributed by atoms with Crippen molar-refractivity contribution < 1.29 is 22.4 Å². The molecule has 0 spiro atoms. The Morgan fingerprint density at radius 1 is 1.28 bits per heavy atom. The van der Waals surface area contributed by atoms with Crippen molar-refractivity contribution in [2.24, 2.45) is 7.05 Å². The first-order valence-electron chi connectivity index (χ1n) is 6.88. The smallest absolute Gasteiger partial charge is 0.313 e. The molecule has 0 bridgehead atoms. The van der Waals surface area contributed by atoms with Gasteiger partial charge in [0.2, 0.25) is 0 Å². The molecule has 3 rings (SSSR count). The number of amides is 1. The number of carbonyl (C=O) groups is 1. The zero-order chi connectivity index (χ0) is 18.2. The summed E-state index contributed by atoms with van der Waals surface area (Å²) in [5.74, 6) is -1.44. The molecule has 0 saturated carbocycles. The lowest BCUT2D eigenvalue weighted by Crippen LogP contribution is -2.12. The number of aryl methyl sites for hydroxylation is 1. The highest BCUT2D eigenvalue weighted by molar-refractivity contribution is 7.19. The minimum atomic E-state index is -4.54. The summed E-state index contributed by atoms with van der Waals surface area (Å²) in [5.41, 5.74) is -0.916. The van der Waals surface area contributed by atoms with Gasteiger partial charge in [-0.05, 0) is 24.3 Å². The maximum Gasteiger partial charge on any atom is 0.435 e. The van der Waals surface area contributed by atoms with E-state index in [1.807, 2.05) is 0 Å². The van der Waals surface area contributed by atoms with Crippen LogP contribution in [0.5, 0.6) is 0 Å². The van der Waals surface area contributed by atoms with Gasteiger partial charge < -0.3 is 5.32 Å². The maximum atomic E-state index is 13.5. The van der Waals surface area contributed by atoms with E-state index < -0.39 is 23.6 Å². The van der Waals surface area contributed by atoms with Gasteiger partial charge in [0, 0.05) is 13.2 Å². The SMILES string of the molecule is Cn1nc(C(F)(F)F)cc1-c1ccc(NC(=O)c2ccncc2F)s1. The van der Waals surface area contributed by atoms with Gasteiger partial charge in [0.05, 0.1) is 27.3 Å². The fraction of sp³-hybridized carbons (Fsp3) is 0.133. The van der Waals surface area contributed by atoms with Crippen molar-refractivity contribution in [1.82, 2.24) is 14.8 Å². The molecule has 1 N–H and O–H groups in total. The number of rotatable bonds is 3. The second kappa shape index (κ2) is 6.28. The Bertz CT molecular complexity index is 932. The van der Waals surface area contributed by atoms with Crippen molar-refractivity contribution in [2.75, 3.05) is 5.32 Å². The zero-order valence-electron chi connectivity index (χ0n) is 12.6. The van der Waals surface area contributed by atoms with Gasteiger partial charge in [-0.3, -0.25) is 14.5 Å². The molecule has 3 aromatic rings. The van der Waals surface area contributed by atoms with Crippen LogP contribution in [0, 0.1) is 5.82 Å². The molecule has 0 atom stereocenters. The lowest BCUT2D eigenvalue weighted by Gasteiger charge is -2.03. The van der Waals surface area contributed by atoms with Crippen LogP contribution in [-0.4, -0.2) is 20.7 Å². The van der Waals surface area contributed by atoms with E-state index in [0.717, 1.165) is 28.3 Å². The molecule has 3 aromatic heterocycles. The van der Waals surface area contributed by atoms with E-state index in [2.05, 4.69) is 15.4 Å². The molecule has 0 fully saturated rings. The standard InChI is InChI=1S/C15H10F4N4OS/c1-23-10(6-12(22-23)15(17,18)19)11-2-3-13(25-11)21-14(24)8-4-5-20-7-9(8)16/h2-7H,1H3,(H,21,24). The Labute approximate surface area is 142 Å². The molecule has 10 heteroatoms. The Morgan fingerprint density at radius 2 is 2.04 bits per heavy atom. The number of hydrogen-bond acceptors (Lipinski definition) is 4. The number of hydrogen-bond donors (Lipinski definition) is 1. The lowest BCUT2D eigenvalue weighted by molar-refractivity contribution is -0.141. The molecule has 25 heavy (non-hydrogen) atoms. The Hall–Kier alpha value is -2.75. The molecule has 0 aliphatic carbocycles. The first kappa shape index (κ1) is 17.1. The average molecular weight is 370 g/mol. The van der Waals surface area contributed by atoms with Crippen LogP contribution in [0.15, 0.2) is 36.7 Å². The molecule has 0 unspecified atom stereocenters. The molecule has 0 aliphatic heterocycles. The van der Waals surface area contributed by atoms with Crippen molar-refractivity contribution in [1.29, 1.82) is 0 Å². The monoisotopic (exact) mass is 370 g/mol. The molecule has 0 radical (unpaired) electrons. The minimum Gasteiger partial charge on any atom is -0.313 e. The Kier molecular flexibility index (Phi) is 4.29. The van der Waals surface area contributed by atoms with Crippen LogP contribution in [0.25, 0.3) is 10.6 Å². The summed E-state index contributed by atoms with van der Waals surface area (Å²) in [6.45, 7) is 0. The van der Waals surface area contributed by atoms with E-state index in [4.69, 9.17) is 0 Å². The fourth-order valence-electron chi connectivity index (χ4n) is 2.12. The van der Waals surface area contributed by atoms with Crippen LogP contribution in [-0.2, 0) is 13.2 Å². The summed E-state index contributed by atoms with van der Waals surface area (Å²) in [7, 11) is 1.40. The number of anilines is 1. The van der Waals surface area contributed by atoms with Gasteiger partial charge in [0.25, 0.3) is 5.91 Å². The van der Waals surface area contributed by atoms with Crippen LogP contribution in [0.3, 0.4) is 0 Å². The van der Waals surface area contributed by atoms with E-state index in [9.17, 15) is 22.4 Å². The fourth-order valence-corrected chi connectivity index (χ4v) is 3.07. The van der Waals surface area contributed by atoms with Crippen LogP contribution in [0.2, 0.25) is 0 Å². The van der Waals surface area contributed by atoms with E-state index in [-0.39, 0.29) is 11.3 Å². The molecule has 0 aromatic carbocycles. The van der Waals surface area contributed by atoms with Crippen LogP contribution < -0.4 is 5.32 Å². The summed E-state index contributed by atoms with van der Waals surface area (Å²) in [6.07, 6.45) is -2.33. The van der Waals surface area contributed by atoms with E-state index >= 15 is 0 Å². The third-order valence-electron chi connectivity index (χ3n) is 3.28. The van der Waals surface area contributed by atoms with Crippen LogP contribution in [0.4, 0.5) is 22.6 Å². The average Bonchev–Trinajstić information content (AvgIpc) is 3.13. The molecule has 3 heterocycles.